The Kier molecular flexibility index (Phi) is 6.34. The van der Waals surface area contributed by atoms with E-state index in [1.165, 1.54) is 0 Å². The minimum atomic E-state index is -0.230. The van der Waals surface area contributed by atoms with Crippen LogP contribution in [0, 0.1) is 0 Å². The van der Waals surface area contributed by atoms with Crippen molar-refractivity contribution in [2.45, 2.75) is 38.3 Å². The van der Waals surface area contributed by atoms with Gasteiger partial charge in [-0.25, -0.2) is 4.79 Å². The minimum absolute atomic E-state index is 0.0791. The average Bonchev–Trinajstić information content (AvgIpc) is 3.09. The number of carbonyl (C=O) groups is 1. The highest BCUT2D eigenvalue weighted by Crippen LogP contribution is 2.21. The highest BCUT2D eigenvalue weighted by atomic mass is 16.5. The van der Waals surface area contributed by atoms with Crippen molar-refractivity contribution in [3.63, 3.8) is 0 Å². The number of anilines is 1. The number of hydrogen-bond acceptors (Lipinski definition) is 4. The van der Waals surface area contributed by atoms with Gasteiger partial charge in [-0.05, 0) is 56.6 Å². The van der Waals surface area contributed by atoms with Crippen LogP contribution in [0.2, 0.25) is 0 Å². The molecule has 1 aliphatic heterocycles. The number of carbonyl (C=O) groups excluding carboxylic acids is 1. The van der Waals surface area contributed by atoms with E-state index in [9.17, 15) is 4.79 Å². The van der Waals surface area contributed by atoms with Gasteiger partial charge in [-0.3, -0.25) is 4.68 Å². The number of ether oxygens (including phenoxy) is 1. The lowest BCUT2D eigenvalue weighted by molar-refractivity contribution is 0.114. The Bertz CT molecular complexity index is 735. The fourth-order valence-corrected chi connectivity index (χ4v) is 3.35. The molecular weight excluding hydrogens is 342 g/mol. The van der Waals surface area contributed by atoms with Crippen molar-refractivity contribution >= 4 is 11.7 Å². The first-order valence-electron chi connectivity index (χ1n) is 9.56. The maximum Gasteiger partial charge on any atom is 0.319 e. The standard InChI is InChI=1S/C20H29N5O2/c1-4-18(19-9-12-21-25(19)3)23-20(26)22-15-5-7-16(8-6-15)27-17-10-13-24(2)14-11-17/h5-9,12,17-18H,4,10-11,13-14H2,1-3H3,(H2,22,23,26)/t18-/m0/s1. The summed E-state index contributed by atoms with van der Waals surface area (Å²) >= 11 is 0. The Morgan fingerprint density at radius 2 is 1.93 bits per heavy atom. The molecule has 0 spiro atoms. The molecule has 0 radical (unpaired) electrons. The fraction of sp³-hybridized carbons (Fsp3) is 0.500. The van der Waals surface area contributed by atoms with E-state index < -0.39 is 0 Å². The number of nitrogens with one attached hydrogen (secondary N) is 2. The van der Waals surface area contributed by atoms with Crippen LogP contribution in [0.15, 0.2) is 36.5 Å². The van der Waals surface area contributed by atoms with Gasteiger partial charge >= 0.3 is 6.03 Å². The smallest absolute Gasteiger partial charge is 0.319 e. The second-order valence-corrected chi connectivity index (χ2v) is 7.08. The first-order chi connectivity index (χ1) is 13.0. The van der Waals surface area contributed by atoms with Crippen LogP contribution in [-0.2, 0) is 7.05 Å². The zero-order valence-electron chi connectivity index (χ0n) is 16.3. The number of aryl methyl sites for hydroxylation is 1. The number of benzene rings is 1. The molecule has 1 aromatic heterocycles. The van der Waals surface area contributed by atoms with E-state index >= 15 is 0 Å². The zero-order chi connectivity index (χ0) is 19.2. The Morgan fingerprint density at radius 1 is 1.22 bits per heavy atom. The van der Waals surface area contributed by atoms with Crippen molar-refractivity contribution in [1.82, 2.24) is 20.0 Å². The van der Waals surface area contributed by atoms with Gasteiger partial charge in [0.05, 0.1) is 11.7 Å². The zero-order valence-corrected chi connectivity index (χ0v) is 16.3. The number of piperidine rings is 1. The second kappa shape index (κ2) is 8.90. The monoisotopic (exact) mass is 371 g/mol. The van der Waals surface area contributed by atoms with E-state index in [1.54, 1.807) is 10.9 Å². The number of rotatable bonds is 6. The van der Waals surface area contributed by atoms with Gasteiger partial charge in [0.2, 0.25) is 0 Å². The first-order valence-corrected chi connectivity index (χ1v) is 9.56. The van der Waals surface area contributed by atoms with E-state index in [4.69, 9.17) is 4.74 Å². The van der Waals surface area contributed by atoms with Crippen molar-refractivity contribution in [3.05, 3.63) is 42.2 Å². The summed E-state index contributed by atoms with van der Waals surface area (Å²) in [7, 11) is 4.01. The van der Waals surface area contributed by atoms with Crippen LogP contribution in [0.5, 0.6) is 5.75 Å². The van der Waals surface area contributed by atoms with E-state index in [0.717, 1.165) is 49.5 Å². The van der Waals surface area contributed by atoms with Gasteiger partial charge in [-0.15, -0.1) is 0 Å². The van der Waals surface area contributed by atoms with Gasteiger partial charge < -0.3 is 20.3 Å². The summed E-state index contributed by atoms with van der Waals surface area (Å²) in [6, 6.07) is 9.17. The molecule has 7 nitrogen and oxygen atoms in total. The predicted molar refractivity (Wildman–Crippen MR) is 106 cm³/mol. The lowest BCUT2D eigenvalue weighted by Gasteiger charge is -2.29. The molecule has 2 aromatic rings. The summed E-state index contributed by atoms with van der Waals surface area (Å²) in [5.41, 5.74) is 1.72. The van der Waals surface area contributed by atoms with Crippen LogP contribution in [0.4, 0.5) is 10.5 Å². The van der Waals surface area contributed by atoms with Crippen LogP contribution in [0.1, 0.15) is 37.9 Å². The topological polar surface area (TPSA) is 71.4 Å². The van der Waals surface area contributed by atoms with Crippen LogP contribution in [0.3, 0.4) is 0 Å². The maximum atomic E-state index is 12.3. The Hall–Kier alpha value is -2.54. The molecule has 27 heavy (non-hydrogen) atoms. The van der Waals surface area contributed by atoms with Gasteiger partial charge in [-0.2, -0.15) is 5.10 Å². The summed E-state index contributed by atoms with van der Waals surface area (Å²) < 4.78 is 7.82. The molecule has 1 aromatic carbocycles. The summed E-state index contributed by atoms with van der Waals surface area (Å²) in [4.78, 5) is 14.7. The Balaban J connectivity index is 1.51. The molecule has 7 heteroatoms. The normalized spacial score (nSPS) is 16.7. The molecule has 2 N–H and O–H groups in total. The molecule has 146 valence electrons. The number of likely N-dealkylation sites (tertiary alicyclic amines) is 1. The lowest BCUT2D eigenvalue weighted by atomic mass is 10.1. The third-order valence-electron chi connectivity index (χ3n) is 5.01. The Morgan fingerprint density at radius 3 is 2.52 bits per heavy atom. The third-order valence-corrected chi connectivity index (χ3v) is 5.01. The van der Waals surface area contributed by atoms with Gasteiger partial charge in [0.15, 0.2) is 0 Å². The van der Waals surface area contributed by atoms with Crippen molar-refractivity contribution in [1.29, 1.82) is 0 Å². The predicted octanol–water partition coefficient (Wildman–Crippen LogP) is 3.17. The average molecular weight is 371 g/mol. The summed E-state index contributed by atoms with van der Waals surface area (Å²) in [6.45, 7) is 4.17. The van der Waals surface area contributed by atoms with E-state index in [1.807, 2.05) is 44.3 Å². The molecule has 0 unspecified atom stereocenters. The number of hydrogen-bond donors (Lipinski definition) is 2. The van der Waals surface area contributed by atoms with E-state index in [0.29, 0.717) is 0 Å². The minimum Gasteiger partial charge on any atom is -0.490 e. The van der Waals surface area contributed by atoms with Gasteiger partial charge in [0, 0.05) is 32.0 Å². The highest BCUT2D eigenvalue weighted by Gasteiger charge is 2.18. The quantitative estimate of drug-likeness (QED) is 0.818. The number of nitrogens with zero attached hydrogens (tertiary/aromatic N) is 3. The number of amides is 2. The maximum absolute atomic E-state index is 12.3. The number of urea groups is 1. The van der Waals surface area contributed by atoms with Crippen molar-refractivity contribution < 1.29 is 9.53 Å². The van der Waals surface area contributed by atoms with Gasteiger partial charge in [-0.1, -0.05) is 6.92 Å². The molecule has 1 atom stereocenters. The molecule has 3 rings (SSSR count). The SMILES string of the molecule is CC[C@H](NC(=O)Nc1ccc(OC2CCN(C)CC2)cc1)c1ccnn1C. The molecule has 0 saturated carbocycles. The molecule has 0 aliphatic carbocycles. The number of aromatic nitrogens is 2. The van der Waals surface area contributed by atoms with Crippen LogP contribution < -0.4 is 15.4 Å². The van der Waals surface area contributed by atoms with Crippen molar-refractivity contribution in [2.24, 2.45) is 7.05 Å². The molecule has 1 saturated heterocycles. The molecule has 2 amide bonds. The summed E-state index contributed by atoms with van der Waals surface area (Å²) in [5.74, 6) is 0.844. The molecule has 0 bridgehead atoms. The van der Waals surface area contributed by atoms with Gasteiger partial charge in [0.25, 0.3) is 0 Å². The van der Waals surface area contributed by atoms with Crippen LogP contribution >= 0.6 is 0 Å². The largest absolute Gasteiger partial charge is 0.490 e. The lowest BCUT2D eigenvalue weighted by Crippen LogP contribution is -2.35. The highest BCUT2D eigenvalue weighted by molar-refractivity contribution is 5.89. The van der Waals surface area contributed by atoms with Crippen LogP contribution in [-0.4, -0.2) is 47.0 Å². The summed E-state index contributed by atoms with van der Waals surface area (Å²) in [6.07, 6.45) is 4.89. The molecular formula is C20H29N5O2. The van der Waals surface area contributed by atoms with E-state index in [2.05, 4.69) is 27.7 Å². The van der Waals surface area contributed by atoms with Gasteiger partial charge in [0.1, 0.15) is 11.9 Å². The Labute approximate surface area is 160 Å². The molecule has 1 fully saturated rings. The summed E-state index contributed by atoms with van der Waals surface area (Å²) in [5, 5.41) is 10.0. The molecule has 2 heterocycles. The van der Waals surface area contributed by atoms with E-state index in [-0.39, 0.29) is 18.2 Å². The van der Waals surface area contributed by atoms with Crippen molar-refractivity contribution in [2.75, 3.05) is 25.5 Å². The second-order valence-electron chi connectivity index (χ2n) is 7.08. The molecule has 1 aliphatic rings. The van der Waals surface area contributed by atoms with Crippen LogP contribution in [0.25, 0.3) is 0 Å². The first kappa shape index (κ1) is 19.2. The third kappa shape index (κ3) is 5.23. The van der Waals surface area contributed by atoms with Crippen molar-refractivity contribution in [3.8, 4) is 5.75 Å². The fourth-order valence-electron chi connectivity index (χ4n) is 3.35.